The number of esters is 2. The third kappa shape index (κ3) is 16.2. The molecule has 8 aromatic rings. The Labute approximate surface area is 648 Å². The van der Waals surface area contributed by atoms with E-state index in [1.165, 1.54) is 71.9 Å². The Morgan fingerprint density at radius 1 is 0.820 bits per heavy atom. The molecule has 15 N–H and O–H groups in total. The SMILES string of the molecule is CO/C(C)=C1/NC(=O)C(C(C)O)NC(=O)c2csc(n2)-c2cc(O)c(-c3nc(C(=O)NC(CN(C)C[C@H](O)[C@@H](O)[C@H](O)[C@H](O)CO)C(N)=O)cs3)nc2-c2csc(n2)C2COC(=O)c3c4c5c(cccc5n3O)COC(=O)C(OC3CC5(C)OCN(C)C5C(C)O3)C(OC4)C(NC(=O)c3csc1n3)c1nc(cs1)C(=O)N2. The molecular formula is C68H75N15O23S5. The minimum atomic E-state index is -1.94. The number of ether oxygens (including phenoxy) is 7. The highest BCUT2D eigenvalue weighted by Crippen LogP contribution is 2.44. The average Bonchev–Trinajstić information content (AvgIpc) is 1.56. The Hall–Kier alpha value is -9.52. The molecule has 0 aliphatic carbocycles. The van der Waals surface area contributed by atoms with Crippen molar-refractivity contribution >= 4 is 121 Å². The van der Waals surface area contributed by atoms with E-state index in [-0.39, 0.29) is 124 Å². The first-order chi connectivity index (χ1) is 52.9. The van der Waals surface area contributed by atoms with Gasteiger partial charge in [-0.05, 0) is 59.5 Å². The topological polar surface area (TPSA) is 538 Å². The molecule has 15 atom stereocenters. The van der Waals surface area contributed by atoms with Crippen LogP contribution in [0.3, 0.4) is 0 Å². The molecule has 590 valence electrons. The molecular weight excluding hydrogens is 1560 g/mol. The van der Waals surface area contributed by atoms with Crippen LogP contribution in [0.5, 0.6) is 5.75 Å². The smallest absolute Gasteiger partial charge is 0.358 e. The first kappa shape index (κ1) is 79.6. The number of primary amides is 1. The molecule has 5 aliphatic heterocycles. The number of pyridine rings is 1. The van der Waals surface area contributed by atoms with Gasteiger partial charge in [-0.2, -0.15) is 4.73 Å². The Balaban J connectivity index is 0.926. The fourth-order valence-corrected chi connectivity index (χ4v) is 17.8. The number of thiazole rings is 5. The van der Waals surface area contributed by atoms with Crippen LogP contribution in [0.25, 0.3) is 49.3 Å². The maximum atomic E-state index is 15.3. The summed E-state index contributed by atoms with van der Waals surface area (Å²) < 4.78 is 45.0. The van der Waals surface area contributed by atoms with Gasteiger partial charge in [0.05, 0.1) is 62.5 Å². The zero-order valence-corrected chi connectivity index (χ0v) is 63.9. The van der Waals surface area contributed by atoms with Crippen molar-refractivity contribution in [1.82, 2.24) is 71.0 Å². The third-order valence-corrected chi connectivity index (χ3v) is 23.7. The number of nitrogens with zero attached hydrogens (tertiary/aromatic N) is 9. The maximum Gasteiger partial charge on any atom is 0.358 e. The number of aromatic hydroxyl groups is 1. The number of methoxy groups -OCH3 is 1. The number of nitrogens with two attached hydrogens (primary N) is 1. The zero-order valence-electron chi connectivity index (χ0n) is 59.8. The monoisotopic (exact) mass is 1630 g/mol. The lowest BCUT2D eigenvalue weighted by Crippen LogP contribution is -2.58. The molecule has 6 amide bonds. The Morgan fingerprint density at radius 3 is 2.22 bits per heavy atom. The molecule has 111 heavy (non-hydrogen) atoms. The van der Waals surface area contributed by atoms with Gasteiger partial charge in [-0.1, -0.05) is 12.1 Å². The van der Waals surface area contributed by atoms with E-state index in [4.69, 9.17) is 53.8 Å². The summed E-state index contributed by atoms with van der Waals surface area (Å²) >= 11 is 4.33. The lowest BCUT2D eigenvalue weighted by molar-refractivity contribution is -0.268. The van der Waals surface area contributed by atoms with Gasteiger partial charge < -0.3 is 111 Å². The molecule has 38 nitrogen and oxygen atoms in total. The Morgan fingerprint density at radius 2 is 1.49 bits per heavy atom. The predicted molar refractivity (Wildman–Crippen MR) is 391 cm³/mol. The lowest BCUT2D eigenvalue weighted by atomic mass is 9.86. The number of rotatable bonds is 16. The molecule has 0 spiro atoms. The summed E-state index contributed by atoms with van der Waals surface area (Å²) in [6.07, 6.45) is -14.3. The van der Waals surface area contributed by atoms with Gasteiger partial charge in [-0.3, -0.25) is 33.7 Å². The third-order valence-electron chi connectivity index (χ3n) is 19.2. The largest absolute Gasteiger partial charge is 0.506 e. The van der Waals surface area contributed by atoms with Crippen LogP contribution in [-0.2, 0) is 60.8 Å². The number of hydrogen-bond acceptors (Lipinski definition) is 36. The molecule has 2 fully saturated rings. The van der Waals surface area contributed by atoms with Crippen molar-refractivity contribution in [2.45, 2.75) is 138 Å². The van der Waals surface area contributed by atoms with Gasteiger partial charge in [-0.15, -0.1) is 56.7 Å². The van der Waals surface area contributed by atoms with Crippen molar-refractivity contribution in [3.8, 4) is 38.4 Å². The number of nitrogens with one attached hydrogen (secondary N) is 5. The predicted octanol–water partition coefficient (Wildman–Crippen LogP) is 0.480. The standard InChI is InChI=1S/C68H75N15O23S5/c1-25(85)44-60(96)79-45(26(2)100-7)63-74-37(23-109-63)59(95)80-48-52-53(106-42-12-68(4)54(27(3)105-42)82(6)24-104-68)67(98)102-16-28-9-8-10-38-43(28)30(17-101-52)49(83(38)99)66(97)103-18-32(71-57(93)35-22-111-65(48)76-35)62-72-33(19-108-62)46-29(61-73-36(20-107-61)58(94)78-44)11-39(86)47(77-46)64-75-34(21-110-64)56(92)70-31(55(69)91)13-81(5)14-40(87)50(89)51(90)41(88)15-84/h8-11,19-23,25,27,31-32,40-42,44,48,50-54,84-90,99H,12-18,24H2,1-7H3,(H2,69,91)(H,70,92)(H,71,93)(H,78,94)(H,79,96)(H,80,95)/b45-26+/t25?,27?,31?,32?,40-,41+,42?,44?,48?,50+,51+,52?,53?,54?,68?/m0/s1. The molecule has 1 aromatic carbocycles. The van der Waals surface area contributed by atoms with Crippen LogP contribution in [0, 0.1) is 0 Å². The van der Waals surface area contributed by atoms with E-state index in [2.05, 4.69) is 41.5 Å². The number of aliphatic hydroxyl groups excluding tert-OH is 6. The van der Waals surface area contributed by atoms with E-state index in [9.17, 15) is 60.1 Å². The van der Waals surface area contributed by atoms with Crippen LogP contribution in [0.2, 0.25) is 0 Å². The van der Waals surface area contributed by atoms with Gasteiger partial charge in [-0.25, -0.2) is 39.5 Å². The molecule has 0 radical (unpaired) electrons. The summed E-state index contributed by atoms with van der Waals surface area (Å²) in [5.41, 5.74) is 3.06. The molecule has 0 saturated carbocycles. The summed E-state index contributed by atoms with van der Waals surface area (Å²) in [5.74, 6) is -8.52. The second kappa shape index (κ2) is 32.7. The van der Waals surface area contributed by atoms with Crippen molar-refractivity contribution < 1.29 is 112 Å². The fraction of sp³-hybridized carbons (Fsp3) is 0.441. The van der Waals surface area contributed by atoms with Crippen LogP contribution in [-0.4, -0.2) is 266 Å². The van der Waals surface area contributed by atoms with E-state index in [0.29, 0.717) is 10.3 Å². The second-order valence-corrected chi connectivity index (χ2v) is 31.4. The molecule has 12 bridgehead atoms. The average molecular weight is 1630 g/mol. The number of benzene rings is 1. The number of fused-ring (bicyclic) bond motifs is 16. The minimum Gasteiger partial charge on any atom is -0.506 e. The lowest BCUT2D eigenvalue weighted by Gasteiger charge is -2.45. The maximum absolute atomic E-state index is 15.3. The normalized spacial score (nSPS) is 24.8. The van der Waals surface area contributed by atoms with Crippen molar-refractivity contribution in [3.63, 3.8) is 0 Å². The summed E-state index contributed by atoms with van der Waals surface area (Å²) in [6.45, 7) is 3.14. The Bertz CT molecular complexity index is 4960. The number of aromatic nitrogens is 7. The Kier molecular flexibility index (Phi) is 23.4. The molecule has 7 aromatic heterocycles. The molecule has 43 heteroatoms. The number of aliphatic hydroxyl groups is 6. The van der Waals surface area contributed by atoms with Crippen molar-refractivity contribution in [2.24, 2.45) is 5.73 Å². The number of allylic oxidation sites excluding steroid dienone is 1. The van der Waals surface area contributed by atoms with Crippen molar-refractivity contribution in [1.29, 1.82) is 0 Å². The molecule has 11 unspecified atom stereocenters. The van der Waals surface area contributed by atoms with Gasteiger partial charge in [0.25, 0.3) is 23.6 Å². The van der Waals surface area contributed by atoms with Gasteiger partial charge in [0.1, 0.15) is 144 Å². The van der Waals surface area contributed by atoms with Gasteiger partial charge in [0.2, 0.25) is 11.8 Å². The number of likely N-dealkylation sites (N-methyl/N-ethyl adjacent to an activating group) is 2. The van der Waals surface area contributed by atoms with Crippen molar-refractivity contribution in [3.05, 3.63) is 112 Å². The summed E-state index contributed by atoms with van der Waals surface area (Å²) in [7, 11) is 4.56. The van der Waals surface area contributed by atoms with E-state index in [0.717, 1.165) is 56.7 Å². The second-order valence-electron chi connectivity index (χ2n) is 27.0. The van der Waals surface area contributed by atoms with Gasteiger partial charge in [0, 0.05) is 62.9 Å². The number of hydrogen-bond donors (Lipinski definition) is 14. The van der Waals surface area contributed by atoms with Gasteiger partial charge in [0.15, 0.2) is 18.1 Å². The first-order valence-electron chi connectivity index (χ1n) is 34.2. The van der Waals surface area contributed by atoms with Crippen LogP contribution >= 0.6 is 56.7 Å². The van der Waals surface area contributed by atoms with E-state index in [1.807, 2.05) is 25.8 Å². The highest BCUT2D eigenvalue weighted by molar-refractivity contribution is 7.14. The summed E-state index contributed by atoms with van der Waals surface area (Å²) in [6, 6.07) is -0.619. The van der Waals surface area contributed by atoms with Crippen LogP contribution < -0.4 is 32.3 Å². The molecule has 12 heterocycles. The highest BCUT2D eigenvalue weighted by Gasteiger charge is 2.55. The number of carbonyl (C=O) groups excluding carboxylic acids is 8. The van der Waals surface area contributed by atoms with E-state index < -0.39 is 177 Å². The first-order valence-corrected chi connectivity index (χ1v) is 38.6. The number of cyclic esters (lactones) is 2. The van der Waals surface area contributed by atoms with E-state index >= 15 is 19.2 Å². The number of carbonyl (C=O) groups is 8. The van der Waals surface area contributed by atoms with Gasteiger partial charge >= 0.3 is 11.9 Å². The zero-order chi connectivity index (χ0) is 79.3. The molecule has 5 aliphatic rings. The van der Waals surface area contributed by atoms with Crippen LogP contribution in [0.4, 0.5) is 0 Å². The van der Waals surface area contributed by atoms with Crippen LogP contribution in [0.1, 0.15) is 125 Å². The summed E-state index contributed by atoms with van der Waals surface area (Å²) in [4.78, 5) is 148. The van der Waals surface area contributed by atoms with E-state index in [1.54, 1.807) is 12.1 Å². The van der Waals surface area contributed by atoms with Crippen molar-refractivity contribution in [2.75, 3.05) is 54.2 Å². The van der Waals surface area contributed by atoms with Crippen LogP contribution in [0.15, 0.2) is 56.9 Å². The molecule has 2 saturated heterocycles. The quantitative estimate of drug-likeness (QED) is 0.0355. The highest BCUT2D eigenvalue weighted by atomic mass is 32.1. The minimum absolute atomic E-state index is 0.00404. The molecule has 13 rings (SSSR count). The summed E-state index contributed by atoms with van der Waals surface area (Å²) in [5, 5.41) is 106. The number of amides is 6. The fourth-order valence-electron chi connectivity index (χ4n) is 13.6.